The number of rotatable bonds is 6. The fourth-order valence-corrected chi connectivity index (χ4v) is 5.19. The van der Waals surface area contributed by atoms with Gasteiger partial charge in [-0.05, 0) is 65.7 Å². The largest absolute Gasteiger partial charge is 0.394 e. The molecule has 2 amide bonds. The van der Waals surface area contributed by atoms with Gasteiger partial charge in [0.15, 0.2) is 5.65 Å². The summed E-state index contributed by atoms with van der Waals surface area (Å²) >= 11 is 0. The zero-order chi connectivity index (χ0) is 25.5. The van der Waals surface area contributed by atoms with Crippen molar-refractivity contribution >= 4 is 34.1 Å². The van der Waals surface area contributed by atoms with E-state index < -0.39 is 5.92 Å². The van der Waals surface area contributed by atoms with Crippen LogP contribution in [0.1, 0.15) is 64.0 Å². The van der Waals surface area contributed by atoms with Gasteiger partial charge in [0.2, 0.25) is 0 Å². The molecule has 3 N–H and O–H groups in total. The Kier molecular flexibility index (Phi) is 6.50. The number of carbonyl (C=O) groups is 2. The Morgan fingerprint density at radius 2 is 2.03 bits per heavy atom. The number of aromatic nitrogens is 3. The second-order valence-corrected chi connectivity index (χ2v) is 10.7. The van der Waals surface area contributed by atoms with Crippen LogP contribution in [0.25, 0.3) is 16.6 Å². The van der Waals surface area contributed by atoms with Gasteiger partial charge in [-0.2, -0.15) is 5.10 Å². The molecule has 0 saturated heterocycles. The molecule has 186 valence electrons. The number of amides is 2. The number of pyridine rings is 1. The summed E-state index contributed by atoms with van der Waals surface area (Å²) < 4.78 is 1.61. The minimum Gasteiger partial charge on any atom is -0.394 e. The Hall–Kier alpha value is -3.17. The highest BCUT2D eigenvalue weighted by Gasteiger charge is 2.33. The number of nitrogens with zero attached hydrogens (tertiary/aromatic N) is 4. The normalized spacial score (nSPS) is 21.4. The minimum atomic E-state index is -0.481. The molecule has 0 aliphatic carbocycles. The topological polar surface area (TPSA) is 122 Å². The Labute approximate surface area is 205 Å². The van der Waals surface area contributed by atoms with Gasteiger partial charge in [-0.25, -0.2) is 14.7 Å². The van der Waals surface area contributed by atoms with Crippen LogP contribution >= 0.6 is 0 Å². The molecule has 9 nitrogen and oxygen atoms in total. The first-order chi connectivity index (χ1) is 16.4. The summed E-state index contributed by atoms with van der Waals surface area (Å²) in [5.41, 5.74) is 3.88. The highest BCUT2D eigenvalue weighted by Crippen LogP contribution is 2.34. The number of fused-ring (bicyclic) bond motifs is 1. The molecule has 1 unspecified atom stereocenters. The summed E-state index contributed by atoms with van der Waals surface area (Å²) in [4.78, 5) is 34.7. The summed E-state index contributed by atoms with van der Waals surface area (Å²) in [6, 6.07) is 1.81. The van der Waals surface area contributed by atoms with Gasteiger partial charge < -0.3 is 15.7 Å². The van der Waals surface area contributed by atoms with Gasteiger partial charge in [0, 0.05) is 23.3 Å². The van der Waals surface area contributed by atoms with E-state index in [0.717, 1.165) is 17.6 Å². The van der Waals surface area contributed by atoms with E-state index in [0.29, 0.717) is 28.0 Å². The van der Waals surface area contributed by atoms with Crippen LogP contribution in [0, 0.1) is 5.92 Å². The molecule has 4 heterocycles. The van der Waals surface area contributed by atoms with Crippen molar-refractivity contribution in [2.45, 2.75) is 65.6 Å². The third kappa shape index (κ3) is 5.26. The van der Waals surface area contributed by atoms with Crippen molar-refractivity contribution in [1.29, 1.82) is 0 Å². The van der Waals surface area contributed by atoms with E-state index in [1.165, 1.54) is 0 Å². The Balaban J connectivity index is 1.72. The predicted octanol–water partition coefficient (Wildman–Crippen LogP) is 2.65. The summed E-state index contributed by atoms with van der Waals surface area (Å²) in [6.45, 7) is 12.5. The number of allylic oxidation sites excluding steroid dienone is 1. The molecule has 0 bridgehead atoms. The lowest BCUT2D eigenvalue weighted by Crippen LogP contribution is -2.53. The molecule has 0 saturated carbocycles. The van der Waals surface area contributed by atoms with Gasteiger partial charge in [-0.1, -0.05) is 11.6 Å². The fraction of sp³-hybridized carbons (Fsp3) is 0.500. The van der Waals surface area contributed by atoms with Gasteiger partial charge in [0.25, 0.3) is 11.8 Å². The zero-order valence-corrected chi connectivity index (χ0v) is 21.3. The van der Waals surface area contributed by atoms with Crippen molar-refractivity contribution in [3.63, 3.8) is 0 Å². The van der Waals surface area contributed by atoms with E-state index in [1.807, 2.05) is 13.0 Å². The molecular weight excluding hydrogens is 444 g/mol. The Morgan fingerprint density at radius 3 is 2.69 bits per heavy atom. The minimum absolute atomic E-state index is 0.0910. The van der Waals surface area contributed by atoms with E-state index >= 15 is 0 Å². The third-order valence-electron chi connectivity index (χ3n) is 6.36. The predicted molar refractivity (Wildman–Crippen MR) is 136 cm³/mol. The lowest BCUT2D eigenvalue weighted by Gasteiger charge is -2.41. The molecular formula is C26H34N6O3. The number of carbonyl (C=O) groups excluding carboxylic acids is 2. The van der Waals surface area contributed by atoms with E-state index in [2.05, 4.69) is 54.5 Å². The van der Waals surface area contributed by atoms with Crippen molar-refractivity contribution < 1.29 is 14.7 Å². The smallest absolute Gasteiger partial charge is 0.254 e. The average Bonchev–Trinajstić information content (AvgIpc) is 3.13. The van der Waals surface area contributed by atoms with Crippen molar-refractivity contribution in [2.24, 2.45) is 10.9 Å². The number of dihydropyridines is 1. The molecule has 0 radical (unpaired) electrons. The number of nitrogens with one attached hydrogen (secondary N) is 2. The third-order valence-corrected chi connectivity index (χ3v) is 6.36. The van der Waals surface area contributed by atoms with Crippen LogP contribution in [-0.4, -0.2) is 61.6 Å². The van der Waals surface area contributed by atoms with Gasteiger partial charge in [0.1, 0.15) is 0 Å². The van der Waals surface area contributed by atoms with Crippen LogP contribution in [0.2, 0.25) is 0 Å². The van der Waals surface area contributed by atoms with Crippen molar-refractivity contribution in [2.75, 3.05) is 13.2 Å². The number of hydrogen-bond donors (Lipinski definition) is 3. The van der Waals surface area contributed by atoms with Crippen molar-refractivity contribution in [3.05, 3.63) is 41.2 Å². The number of aliphatic hydroxyl groups excluding tert-OH is 1. The first kappa shape index (κ1) is 24.9. The van der Waals surface area contributed by atoms with Crippen LogP contribution in [0.5, 0.6) is 0 Å². The average molecular weight is 479 g/mol. The maximum atomic E-state index is 13.4. The Morgan fingerprint density at radius 1 is 1.29 bits per heavy atom. The van der Waals surface area contributed by atoms with E-state index in [4.69, 9.17) is 4.98 Å². The summed E-state index contributed by atoms with van der Waals surface area (Å²) in [5, 5.41) is 21.0. The molecule has 2 aromatic rings. The first-order valence-electron chi connectivity index (χ1n) is 11.9. The monoisotopic (exact) mass is 478 g/mol. The molecule has 4 rings (SSSR count). The molecule has 2 aliphatic rings. The van der Waals surface area contributed by atoms with Gasteiger partial charge in [0.05, 0.1) is 41.9 Å². The van der Waals surface area contributed by atoms with Crippen LogP contribution < -0.4 is 10.6 Å². The lowest BCUT2D eigenvalue weighted by atomic mass is 9.82. The first-order valence-corrected chi connectivity index (χ1v) is 11.9. The standard InChI is InChI=1S/C26H34N6O3/c1-15-9-16(2)29-24(35)19(15)13-27-23(34)18-10-21(17-11-25(3,4)31-26(5,6)12-17)30-22-20(18)14-28-32(22)7-8-33/h9-11,14,19,31,33H,7-8,12-13H2,1-6H3,(H,27,34). The van der Waals surface area contributed by atoms with Crippen molar-refractivity contribution in [1.82, 2.24) is 25.4 Å². The summed E-state index contributed by atoms with van der Waals surface area (Å²) in [7, 11) is 0. The molecule has 35 heavy (non-hydrogen) atoms. The molecule has 9 heteroatoms. The molecule has 2 aromatic heterocycles. The highest BCUT2D eigenvalue weighted by atomic mass is 16.3. The quantitative estimate of drug-likeness (QED) is 0.587. The number of aliphatic imine (C=N–C) groups is 1. The second-order valence-electron chi connectivity index (χ2n) is 10.7. The molecule has 0 aromatic carbocycles. The van der Waals surface area contributed by atoms with E-state index in [9.17, 15) is 14.7 Å². The highest BCUT2D eigenvalue weighted by molar-refractivity contribution is 6.07. The second kappa shape index (κ2) is 9.13. The molecule has 1 atom stereocenters. The van der Waals surface area contributed by atoms with E-state index in [1.54, 1.807) is 23.9 Å². The molecule has 2 aliphatic heterocycles. The van der Waals surface area contributed by atoms with Crippen LogP contribution in [0.3, 0.4) is 0 Å². The number of aliphatic hydroxyl groups is 1. The zero-order valence-electron chi connectivity index (χ0n) is 21.3. The summed E-state index contributed by atoms with van der Waals surface area (Å²) in [6.07, 6.45) is 6.36. The van der Waals surface area contributed by atoms with Crippen LogP contribution in [-0.2, 0) is 11.3 Å². The van der Waals surface area contributed by atoms with Crippen molar-refractivity contribution in [3.8, 4) is 0 Å². The molecule has 0 spiro atoms. The maximum absolute atomic E-state index is 13.4. The Bertz CT molecular complexity index is 1280. The SMILES string of the molecule is CC1=CC(C)=NC(=O)C1CNC(=O)c1cc(C2=CC(C)(C)NC(C)(C)C2)nc2c1cnn2CCO. The summed E-state index contributed by atoms with van der Waals surface area (Å²) in [5.74, 6) is -1.03. The fourth-order valence-electron chi connectivity index (χ4n) is 5.19. The maximum Gasteiger partial charge on any atom is 0.254 e. The molecule has 0 fully saturated rings. The van der Waals surface area contributed by atoms with Gasteiger partial charge in [-0.3, -0.25) is 9.59 Å². The lowest BCUT2D eigenvalue weighted by molar-refractivity contribution is -0.120. The van der Waals surface area contributed by atoms with Crippen LogP contribution in [0.15, 0.2) is 35.0 Å². The van der Waals surface area contributed by atoms with Gasteiger partial charge >= 0.3 is 0 Å². The van der Waals surface area contributed by atoms with Gasteiger partial charge in [-0.15, -0.1) is 0 Å². The van der Waals surface area contributed by atoms with Crippen LogP contribution in [0.4, 0.5) is 0 Å². The number of hydrogen-bond acceptors (Lipinski definition) is 6. The van der Waals surface area contributed by atoms with E-state index in [-0.39, 0.29) is 42.6 Å².